The Morgan fingerprint density at radius 1 is 1.83 bits per heavy atom. The smallest absolute Gasteiger partial charge is 0.112 e. The summed E-state index contributed by atoms with van der Waals surface area (Å²) in [5, 5.41) is 4.01. The van der Waals surface area contributed by atoms with Crippen LogP contribution in [0.3, 0.4) is 0 Å². The molecule has 1 unspecified atom stereocenters. The van der Waals surface area contributed by atoms with Gasteiger partial charge in [0.2, 0.25) is 0 Å². The van der Waals surface area contributed by atoms with E-state index in [0.29, 0.717) is 0 Å². The SMILES string of the molecule is CC1[N]CC=N1. The monoisotopic (exact) mass is 83.1 g/mol. The number of rotatable bonds is 0. The predicted octanol–water partition coefficient (Wildman–Crippen LogP) is 0.0212. The fraction of sp³-hybridized carbons (Fsp3) is 0.750. The van der Waals surface area contributed by atoms with E-state index < -0.39 is 0 Å². The van der Waals surface area contributed by atoms with Crippen LogP contribution in [-0.2, 0) is 0 Å². The van der Waals surface area contributed by atoms with Crippen LogP contribution in [0.25, 0.3) is 0 Å². The lowest BCUT2D eigenvalue weighted by Gasteiger charge is -1.89. The number of hydrogen-bond acceptors (Lipinski definition) is 1. The zero-order valence-electron chi connectivity index (χ0n) is 3.76. The minimum atomic E-state index is 0.241. The van der Waals surface area contributed by atoms with E-state index in [0.717, 1.165) is 6.54 Å². The molecule has 1 radical (unpaired) electrons. The van der Waals surface area contributed by atoms with Crippen LogP contribution in [0, 0.1) is 0 Å². The van der Waals surface area contributed by atoms with Gasteiger partial charge >= 0.3 is 0 Å². The highest BCUT2D eigenvalue weighted by Gasteiger charge is 1.99. The van der Waals surface area contributed by atoms with Crippen LogP contribution in [0.1, 0.15) is 6.92 Å². The fourth-order valence-electron chi connectivity index (χ4n) is 0.447. The third kappa shape index (κ3) is 0.571. The van der Waals surface area contributed by atoms with E-state index in [-0.39, 0.29) is 6.17 Å². The summed E-state index contributed by atoms with van der Waals surface area (Å²) in [6.45, 7) is 2.80. The van der Waals surface area contributed by atoms with Crippen LogP contribution in [0.2, 0.25) is 0 Å². The van der Waals surface area contributed by atoms with Crippen molar-refractivity contribution in [1.82, 2.24) is 5.32 Å². The predicted molar refractivity (Wildman–Crippen MR) is 25.0 cm³/mol. The molecule has 0 aromatic carbocycles. The van der Waals surface area contributed by atoms with Crippen molar-refractivity contribution in [2.24, 2.45) is 4.99 Å². The van der Waals surface area contributed by atoms with Crippen molar-refractivity contribution in [3.8, 4) is 0 Å². The van der Waals surface area contributed by atoms with Crippen molar-refractivity contribution >= 4 is 6.21 Å². The molecule has 0 saturated carbocycles. The van der Waals surface area contributed by atoms with Crippen LogP contribution in [0.15, 0.2) is 4.99 Å². The molecule has 0 N–H and O–H groups in total. The molecule has 6 heavy (non-hydrogen) atoms. The van der Waals surface area contributed by atoms with Gasteiger partial charge in [-0.15, -0.1) is 0 Å². The van der Waals surface area contributed by atoms with Gasteiger partial charge in [0.1, 0.15) is 6.17 Å². The molecule has 1 aliphatic rings. The average Bonchev–Trinajstić information content (AvgIpc) is 1.86. The zero-order chi connectivity index (χ0) is 4.41. The Morgan fingerprint density at radius 3 is 2.83 bits per heavy atom. The molecule has 0 bridgehead atoms. The standard InChI is InChI=1S/C4H7N2/c1-4-5-2-3-6-4/h2,4H,3H2,1H3. The molecule has 0 spiro atoms. The fourth-order valence-corrected chi connectivity index (χ4v) is 0.447. The van der Waals surface area contributed by atoms with Gasteiger partial charge in [0.05, 0.1) is 6.54 Å². The van der Waals surface area contributed by atoms with E-state index in [1.54, 1.807) is 0 Å². The van der Waals surface area contributed by atoms with E-state index in [9.17, 15) is 0 Å². The van der Waals surface area contributed by atoms with Gasteiger partial charge in [-0.25, -0.2) is 5.32 Å². The van der Waals surface area contributed by atoms with Crippen molar-refractivity contribution < 1.29 is 0 Å². The largest absolute Gasteiger partial charge is 0.276 e. The van der Waals surface area contributed by atoms with Crippen molar-refractivity contribution in [3.05, 3.63) is 0 Å². The van der Waals surface area contributed by atoms with Crippen LogP contribution in [-0.4, -0.2) is 18.9 Å². The molecule has 33 valence electrons. The minimum absolute atomic E-state index is 0.241. The summed E-state index contributed by atoms with van der Waals surface area (Å²) in [4.78, 5) is 3.94. The van der Waals surface area contributed by atoms with Gasteiger partial charge in [0.25, 0.3) is 0 Å². The summed E-state index contributed by atoms with van der Waals surface area (Å²) >= 11 is 0. The summed E-state index contributed by atoms with van der Waals surface area (Å²) in [7, 11) is 0. The van der Waals surface area contributed by atoms with Crippen LogP contribution < -0.4 is 5.32 Å². The van der Waals surface area contributed by atoms with Gasteiger partial charge in [-0.05, 0) is 6.92 Å². The molecule has 1 aliphatic heterocycles. The van der Waals surface area contributed by atoms with Crippen molar-refractivity contribution in [3.63, 3.8) is 0 Å². The Morgan fingerprint density at radius 2 is 2.67 bits per heavy atom. The number of aliphatic imine (C=N–C) groups is 1. The molecule has 2 heteroatoms. The van der Waals surface area contributed by atoms with E-state index in [1.165, 1.54) is 0 Å². The van der Waals surface area contributed by atoms with E-state index >= 15 is 0 Å². The lowest BCUT2D eigenvalue weighted by molar-refractivity contribution is 0.646. The molecule has 2 nitrogen and oxygen atoms in total. The van der Waals surface area contributed by atoms with Gasteiger partial charge in [0.15, 0.2) is 0 Å². The van der Waals surface area contributed by atoms with Gasteiger partial charge in [0, 0.05) is 6.21 Å². The quantitative estimate of drug-likeness (QED) is 0.395. The molecular weight excluding hydrogens is 76.1 g/mol. The van der Waals surface area contributed by atoms with Crippen LogP contribution in [0.4, 0.5) is 0 Å². The first-order chi connectivity index (χ1) is 2.89. The lowest BCUT2D eigenvalue weighted by atomic mass is 10.6. The number of nitrogens with zero attached hydrogens (tertiary/aromatic N) is 2. The van der Waals surface area contributed by atoms with E-state index in [1.807, 2.05) is 13.1 Å². The first kappa shape index (κ1) is 3.81. The Kier molecular flexibility index (Phi) is 0.881. The second-order valence-corrected chi connectivity index (χ2v) is 1.33. The molecule has 0 aromatic rings. The Hall–Kier alpha value is -0.370. The first-order valence-corrected chi connectivity index (χ1v) is 2.08. The van der Waals surface area contributed by atoms with E-state index in [2.05, 4.69) is 10.3 Å². The zero-order valence-corrected chi connectivity index (χ0v) is 3.76. The maximum atomic E-state index is 4.01. The molecule has 1 rings (SSSR count). The Bertz CT molecular complexity index is 67.9. The van der Waals surface area contributed by atoms with Crippen molar-refractivity contribution in [2.45, 2.75) is 13.1 Å². The Balaban J connectivity index is 2.38. The molecular formula is C4H7N2. The van der Waals surface area contributed by atoms with Gasteiger partial charge < -0.3 is 0 Å². The third-order valence-corrected chi connectivity index (χ3v) is 0.772. The summed E-state index contributed by atoms with van der Waals surface area (Å²) < 4.78 is 0. The van der Waals surface area contributed by atoms with E-state index in [4.69, 9.17) is 0 Å². The molecule has 0 amide bonds. The highest BCUT2D eigenvalue weighted by molar-refractivity contribution is 5.61. The maximum Gasteiger partial charge on any atom is 0.112 e. The lowest BCUT2D eigenvalue weighted by Crippen LogP contribution is -2.08. The van der Waals surface area contributed by atoms with Gasteiger partial charge in [-0.3, -0.25) is 4.99 Å². The molecule has 0 saturated heterocycles. The van der Waals surface area contributed by atoms with Crippen LogP contribution >= 0.6 is 0 Å². The van der Waals surface area contributed by atoms with Crippen LogP contribution in [0.5, 0.6) is 0 Å². The summed E-state index contributed by atoms with van der Waals surface area (Å²) in [6.07, 6.45) is 2.08. The molecule has 0 aromatic heterocycles. The second-order valence-electron chi connectivity index (χ2n) is 1.33. The molecule has 0 fully saturated rings. The minimum Gasteiger partial charge on any atom is -0.276 e. The summed E-state index contributed by atoms with van der Waals surface area (Å²) in [5.41, 5.74) is 0. The highest BCUT2D eigenvalue weighted by atomic mass is 15.1. The maximum absolute atomic E-state index is 4.01. The topological polar surface area (TPSA) is 26.5 Å². The van der Waals surface area contributed by atoms with Gasteiger partial charge in [-0.2, -0.15) is 0 Å². The normalized spacial score (nSPS) is 31.8. The van der Waals surface area contributed by atoms with Crippen molar-refractivity contribution in [2.75, 3.05) is 6.54 Å². The van der Waals surface area contributed by atoms with Crippen molar-refractivity contribution in [1.29, 1.82) is 0 Å². The average molecular weight is 83.1 g/mol. The molecule has 0 aliphatic carbocycles. The summed E-state index contributed by atoms with van der Waals surface area (Å²) in [6, 6.07) is 0. The Labute approximate surface area is 37.3 Å². The second kappa shape index (κ2) is 1.39. The van der Waals surface area contributed by atoms with Gasteiger partial charge in [-0.1, -0.05) is 0 Å². The summed E-state index contributed by atoms with van der Waals surface area (Å²) in [5.74, 6) is 0. The first-order valence-electron chi connectivity index (χ1n) is 2.08. The molecule has 1 heterocycles. The highest BCUT2D eigenvalue weighted by Crippen LogP contribution is 1.87. The number of hydrogen-bond donors (Lipinski definition) is 0. The third-order valence-electron chi connectivity index (χ3n) is 0.772. The molecule has 1 atom stereocenters.